The second-order valence-electron chi connectivity index (χ2n) is 11.2. The van der Waals surface area contributed by atoms with Gasteiger partial charge in [0, 0.05) is 11.2 Å². The van der Waals surface area contributed by atoms with Gasteiger partial charge < -0.3 is 20.0 Å². The average molecular weight is 539 g/mol. The lowest BCUT2D eigenvalue weighted by atomic mass is 9.53. The summed E-state index contributed by atoms with van der Waals surface area (Å²) >= 11 is 0. The molecule has 3 aromatic rings. The molecule has 0 saturated heterocycles. The Bertz CT molecular complexity index is 1540. The van der Waals surface area contributed by atoms with Gasteiger partial charge in [0.1, 0.15) is 0 Å². The zero-order chi connectivity index (χ0) is 26.7. The van der Waals surface area contributed by atoms with Crippen molar-refractivity contribution in [2.45, 2.75) is 62.0 Å². The van der Waals surface area contributed by atoms with Crippen LogP contribution in [0.2, 0.25) is 0 Å². The van der Waals surface area contributed by atoms with E-state index in [-0.39, 0.29) is 27.6 Å². The number of anilines is 1. The Morgan fingerprint density at radius 3 is 2.18 bits per heavy atom. The van der Waals surface area contributed by atoms with Gasteiger partial charge in [-0.15, -0.1) is 0 Å². The highest BCUT2D eigenvalue weighted by Crippen LogP contribution is 2.55. The number of hydrogen-bond acceptors (Lipinski definition) is 6. The number of amides is 1. The fraction of sp³-hybridized carbons (Fsp3) is 0.444. The molecule has 38 heavy (non-hydrogen) atoms. The molecular weight excluding hydrogens is 508 g/mol. The van der Waals surface area contributed by atoms with Gasteiger partial charge in [-0.1, -0.05) is 0 Å². The summed E-state index contributed by atoms with van der Waals surface area (Å²) < 4.78 is 33.5. The van der Waals surface area contributed by atoms with Crippen LogP contribution in [0.25, 0.3) is 11.0 Å². The first-order valence-electron chi connectivity index (χ1n) is 13.0. The van der Waals surface area contributed by atoms with Crippen LogP contribution >= 0.6 is 0 Å². The summed E-state index contributed by atoms with van der Waals surface area (Å²) in [6.07, 6.45) is 5.92. The smallest absolute Gasteiger partial charge is 0.338 e. The Balaban J connectivity index is 1.07. The highest BCUT2D eigenvalue weighted by Gasteiger charge is 2.51. The largest absolute Gasteiger partial charge is 0.449 e. The third-order valence-electron chi connectivity index (χ3n) is 8.25. The normalized spacial score (nSPS) is 26.7. The lowest BCUT2D eigenvalue weighted by Crippen LogP contribution is -2.61. The summed E-state index contributed by atoms with van der Waals surface area (Å²) in [5.74, 6) is 1.14. The molecule has 2 aromatic carbocycles. The molecule has 1 heterocycles. The van der Waals surface area contributed by atoms with Crippen molar-refractivity contribution in [3.05, 3.63) is 58.5 Å². The number of hydrogen-bond donors (Lipinski definition) is 4. The molecule has 0 spiro atoms. The topological polar surface area (TPSA) is 150 Å². The summed E-state index contributed by atoms with van der Waals surface area (Å²) in [7, 11) is -3.94. The standard InChI is InChI=1S/C27H30N4O6S/c1-15(24(32)30-27-12-16-8-17(13-27)10-18(9-16)14-27)37-25(33)19-2-4-20(5-3-19)31-38(35,36)21-6-7-22-23(11-21)29-26(34)28-22/h2-7,11,15-18,31H,8-10,12-14H2,1H3,(H,30,32)(H2,28,29,34). The summed E-state index contributed by atoms with van der Waals surface area (Å²) in [6, 6.07) is 10.0. The van der Waals surface area contributed by atoms with Crippen LogP contribution < -0.4 is 15.7 Å². The second kappa shape index (κ2) is 9.00. The SMILES string of the molecule is CC(OC(=O)c1ccc(NS(=O)(=O)c2ccc3[nH]c(=O)[nH]c3c2)cc1)C(=O)NC12CC3CC(CC(C3)C1)C2. The van der Waals surface area contributed by atoms with E-state index >= 15 is 0 Å². The van der Waals surface area contributed by atoms with Crippen LogP contribution in [0.5, 0.6) is 0 Å². The maximum absolute atomic E-state index is 12.9. The quantitative estimate of drug-likeness (QED) is 0.339. The molecule has 0 aliphatic heterocycles. The number of aromatic amines is 2. The minimum Gasteiger partial charge on any atom is -0.449 e. The average Bonchev–Trinajstić information content (AvgIpc) is 3.22. The van der Waals surface area contributed by atoms with E-state index in [0.717, 1.165) is 19.3 Å². The number of fused-ring (bicyclic) bond motifs is 1. The number of benzene rings is 2. The van der Waals surface area contributed by atoms with Crippen LogP contribution in [0.15, 0.2) is 52.2 Å². The van der Waals surface area contributed by atoms with Crippen LogP contribution in [0, 0.1) is 17.8 Å². The monoisotopic (exact) mass is 538 g/mol. The van der Waals surface area contributed by atoms with Crippen molar-refractivity contribution >= 4 is 38.6 Å². The Morgan fingerprint density at radius 2 is 1.55 bits per heavy atom. The van der Waals surface area contributed by atoms with Gasteiger partial charge in [-0.05, 0) is 106 Å². The van der Waals surface area contributed by atoms with Crippen molar-refractivity contribution < 1.29 is 22.7 Å². The van der Waals surface area contributed by atoms with Gasteiger partial charge in [-0.25, -0.2) is 18.0 Å². The molecule has 1 unspecified atom stereocenters. The van der Waals surface area contributed by atoms with E-state index in [1.807, 2.05) is 0 Å². The van der Waals surface area contributed by atoms with Crippen molar-refractivity contribution in [3.8, 4) is 0 Å². The van der Waals surface area contributed by atoms with E-state index in [4.69, 9.17) is 4.74 Å². The third-order valence-corrected chi connectivity index (χ3v) is 9.63. The van der Waals surface area contributed by atoms with Crippen LogP contribution in [0.4, 0.5) is 5.69 Å². The van der Waals surface area contributed by atoms with E-state index in [1.165, 1.54) is 61.7 Å². The number of carbonyl (C=O) groups excluding carboxylic acids is 2. The number of ether oxygens (including phenoxy) is 1. The van der Waals surface area contributed by atoms with Crippen molar-refractivity contribution in [3.63, 3.8) is 0 Å². The van der Waals surface area contributed by atoms with E-state index < -0.39 is 27.8 Å². The first-order chi connectivity index (χ1) is 18.1. The van der Waals surface area contributed by atoms with E-state index in [9.17, 15) is 22.8 Å². The van der Waals surface area contributed by atoms with E-state index in [2.05, 4.69) is 20.0 Å². The van der Waals surface area contributed by atoms with Gasteiger partial charge in [0.15, 0.2) is 6.10 Å². The Hall–Kier alpha value is -3.60. The lowest BCUT2D eigenvalue weighted by molar-refractivity contribution is -0.134. The summed E-state index contributed by atoms with van der Waals surface area (Å²) in [5, 5.41) is 3.23. The van der Waals surface area contributed by atoms with Gasteiger partial charge in [0.25, 0.3) is 15.9 Å². The molecule has 200 valence electrons. The zero-order valence-electron chi connectivity index (χ0n) is 21.0. The number of nitrogens with one attached hydrogen (secondary N) is 4. The molecule has 4 fully saturated rings. The molecule has 4 aliphatic rings. The number of aromatic nitrogens is 2. The van der Waals surface area contributed by atoms with Gasteiger partial charge in [0.05, 0.1) is 21.5 Å². The van der Waals surface area contributed by atoms with Crippen LogP contribution in [-0.2, 0) is 19.6 Å². The number of H-pyrrole nitrogens is 2. The second-order valence-corrected chi connectivity index (χ2v) is 12.9. The van der Waals surface area contributed by atoms with Gasteiger partial charge in [0.2, 0.25) is 0 Å². The fourth-order valence-electron chi connectivity index (χ4n) is 6.98. The van der Waals surface area contributed by atoms with Gasteiger partial charge in [-0.2, -0.15) is 0 Å². The molecule has 1 amide bonds. The number of rotatable bonds is 7. The molecule has 4 aliphatic carbocycles. The highest BCUT2D eigenvalue weighted by atomic mass is 32.2. The minimum absolute atomic E-state index is 0.0254. The number of imidazole rings is 1. The van der Waals surface area contributed by atoms with Crippen molar-refractivity contribution in [2.24, 2.45) is 17.8 Å². The molecular formula is C27H30N4O6S. The first kappa shape index (κ1) is 24.7. The van der Waals surface area contributed by atoms with E-state index in [0.29, 0.717) is 28.8 Å². The summed E-state index contributed by atoms with van der Waals surface area (Å²) in [6.45, 7) is 1.57. The molecule has 0 radical (unpaired) electrons. The zero-order valence-corrected chi connectivity index (χ0v) is 21.8. The molecule has 7 rings (SSSR count). The Labute approximate surface area is 219 Å². The van der Waals surface area contributed by atoms with Crippen LogP contribution in [0.3, 0.4) is 0 Å². The molecule has 4 N–H and O–H groups in total. The first-order valence-corrected chi connectivity index (χ1v) is 14.4. The Kier molecular flexibility index (Phi) is 5.86. The van der Waals surface area contributed by atoms with Crippen molar-refractivity contribution in [1.82, 2.24) is 15.3 Å². The summed E-state index contributed by atoms with van der Waals surface area (Å²) in [5.41, 5.74) is 0.733. The molecule has 1 aromatic heterocycles. The Morgan fingerprint density at radius 1 is 0.947 bits per heavy atom. The van der Waals surface area contributed by atoms with Crippen molar-refractivity contribution in [1.29, 1.82) is 0 Å². The highest BCUT2D eigenvalue weighted by molar-refractivity contribution is 7.92. The van der Waals surface area contributed by atoms with Gasteiger partial charge >= 0.3 is 11.7 Å². The molecule has 4 bridgehead atoms. The summed E-state index contributed by atoms with van der Waals surface area (Å²) in [4.78, 5) is 42.1. The number of carbonyl (C=O) groups is 2. The maximum Gasteiger partial charge on any atom is 0.338 e. The lowest BCUT2D eigenvalue weighted by Gasteiger charge is -2.57. The van der Waals surface area contributed by atoms with Gasteiger partial charge in [-0.3, -0.25) is 9.52 Å². The predicted molar refractivity (Wildman–Crippen MR) is 140 cm³/mol. The third kappa shape index (κ3) is 4.70. The van der Waals surface area contributed by atoms with Crippen LogP contribution in [-0.4, -0.2) is 41.9 Å². The van der Waals surface area contributed by atoms with E-state index in [1.54, 1.807) is 6.92 Å². The minimum atomic E-state index is -3.94. The molecule has 10 nitrogen and oxygen atoms in total. The van der Waals surface area contributed by atoms with Crippen molar-refractivity contribution in [2.75, 3.05) is 4.72 Å². The molecule has 1 atom stereocenters. The number of esters is 1. The number of sulfonamides is 1. The molecule has 4 saturated carbocycles. The fourth-order valence-corrected chi connectivity index (χ4v) is 8.06. The predicted octanol–water partition coefficient (Wildman–Crippen LogP) is 3.29. The maximum atomic E-state index is 12.9. The molecule has 11 heteroatoms. The van der Waals surface area contributed by atoms with Crippen LogP contribution in [0.1, 0.15) is 55.8 Å².